The van der Waals surface area contributed by atoms with Crippen LogP contribution in [0.5, 0.6) is 0 Å². The van der Waals surface area contributed by atoms with E-state index in [1.54, 1.807) is 20.8 Å². The first kappa shape index (κ1) is 10.9. The molecule has 0 spiro atoms. The van der Waals surface area contributed by atoms with Gasteiger partial charge in [0.15, 0.2) is 9.84 Å². The van der Waals surface area contributed by atoms with Crippen LogP contribution in [0, 0.1) is 0 Å². The lowest BCUT2D eigenvalue weighted by Crippen LogP contribution is -2.33. The molecule has 2 nitrogen and oxygen atoms in total. The average Bonchev–Trinajstić information content (AvgIpc) is 1.56. The van der Waals surface area contributed by atoms with E-state index in [-0.39, 0.29) is 5.75 Å². The maximum absolute atomic E-state index is 12.3. The normalized spacial score (nSPS) is 16.5. The molecule has 0 fully saturated rings. The monoisotopic (exact) mass is 182 g/mol. The smallest absolute Gasteiger partial charge is 0.158 e. The van der Waals surface area contributed by atoms with Crippen molar-refractivity contribution in [3.8, 4) is 0 Å². The van der Waals surface area contributed by atoms with Gasteiger partial charge in [-0.1, -0.05) is 0 Å². The van der Waals surface area contributed by atoms with Gasteiger partial charge in [-0.15, -0.1) is 0 Å². The fourth-order valence-corrected chi connectivity index (χ4v) is 1.66. The molecule has 0 aliphatic carbocycles. The van der Waals surface area contributed by atoms with Crippen molar-refractivity contribution < 1.29 is 12.8 Å². The Labute approximate surface area is 67.7 Å². The summed E-state index contributed by atoms with van der Waals surface area (Å²) in [6.07, 6.45) is -1.28. The third-order valence-corrected chi connectivity index (χ3v) is 4.15. The van der Waals surface area contributed by atoms with Gasteiger partial charge in [-0.3, -0.25) is 0 Å². The number of sulfone groups is 1. The maximum atomic E-state index is 12.3. The molecule has 0 heterocycles. The molecule has 4 heteroatoms. The maximum Gasteiger partial charge on any atom is 0.158 e. The minimum absolute atomic E-state index is 0.378. The summed E-state index contributed by atoms with van der Waals surface area (Å²) >= 11 is 0. The summed E-state index contributed by atoms with van der Waals surface area (Å²) < 4.78 is 34.0. The van der Waals surface area contributed by atoms with Crippen molar-refractivity contribution in [1.82, 2.24) is 0 Å². The second-order valence-corrected chi connectivity index (χ2v) is 6.46. The zero-order valence-electron chi connectivity index (χ0n) is 7.39. The highest BCUT2D eigenvalue weighted by Gasteiger charge is 2.30. The van der Waals surface area contributed by atoms with Gasteiger partial charge >= 0.3 is 0 Å². The van der Waals surface area contributed by atoms with E-state index >= 15 is 0 Å². The molecule has 0 amide bonds. The number of hydrogen-bond acceptors (Lipinski definition) is 2. The van der Waals surface area contributed by atoms with Gasteiger partial charge in [0.2, 0.25) is 0 Å². The van der Waals surface area contributed by atoms with Crippen LogP contribution in [0.2, 0.25) is 0 Å². The molecular formula is C7H15FO2S. The molecule has 0 rings (SSSR count). The molecule has 0 saturated heterocycles. The summed E-state index contributed by atoms with van der Waals surface area (Å²) in [6, 6.07) is 0. The van der Waals surface area contributed by atoms with E-state index in [1.165, 1.54) is 6.92 Å². The zero-order valence-corrected chi connectivity index (χ0v) is 8.20. The second-order valence-electron chi connectivity index (χ2n) is 3.67. The van der Waals surface area contributed by atoms with Gasteiger partial charge in [-0.2, -0.15) is 0 Å². The summed E-state index contributed by atoms with van der Waals surface area (Å²) in [4.78, 5) is 0. The van der Waals surface area contributed by atoms with E-state index in [1.807, 2.05) is 0 Å². The van der Waals surface area contributed by atoms with Crippen molar-refractivity contribution in [2.45, 2.75) is 38.6 Å². The van der Waals surface area contributed by atoms with Gasteiger partial charge in [0.25, 0.3) is 0 Å². The highest BCUT2D eigenvalue weighted by molar-refractivity contribution is 7.92. The van der Waals surface area contributed by atoms with Gasteiger partial charge in [-0.25, -0.2) is 12.8 Å². The first-order valence-electron chi connectivity index (χ1n) is 3.53. The molecule has 11 heavy (non-hydrogen) atoms. The van der Waals surface area contributed by atoms with Crippen LogP contribution in [0.25, 0.3) is 0 Å². The van der Waals surface area contributed by atoms with Crippen LogP contribution in [0.1, 0.15) is 27.7 Å². The molecule has 0 aliphatic heterocycles. The van der Waals surface area contributed by atoms with Gasteiger partial charge in [-0.05, 0) is 27.7 Å². The topological polar surface area (TPSA) is 34.1 Å². The van der Waals surface area contributed by atoms with E-state index < -0.39 is 20.8 Å². The quantitative estimate of drug-likeness (QED) is 0.649. The number of alkyl halides is 1. The summed E-state index contributed by atoms with van der Waals surface area (Å²) in [5.41, 5.74) is 0. The molecule has 0 aromatic heterocycles. The van der Waals surface area contributed by atoms with Crippen LogP contribution in [0.15, 0.2) is 0 Å². The predicted molar refractivity (Wildman–Crippen MR) is 44.1 cm³/mol. The Morgan fingerprint density at radius 3 is 1.82 bits per heavy atom. The lowest BCUT2D eigenvalue weighted by Gasteiger charge is -2.19. The Kier molecular flexibility index (Phi) is 3.06. The summed E-state index contributed by atoms with van der Waals surface area (Å²) in [7, 11) is -3.27. The molecule has 0 aliphatic rings. The largest absolute Gasteiger partial charge is 0.247 e. The predicted octanol–water partition coefficient (Wildman–Crippen LogP) is 1.56. The van der Waals surface area contributed by atoms with Gasteiger partial charge in [0.05, 0.1) is 10.5 Å². The first-order chi connectivity index (χ1) is 4.67. The molecule has 1 atom stereocenters. The van der Waals surface area contributed by atoms with Crippen LogP contribution in [-0.4, -0.2) is 25.1 Å². The minimum Gasteiger partial charge on any atom is -0.247 e. The van der Waals surface area contributed by atoms with E-state index in [0.717, 1.165) is 0 Å². The Hall–Kier alpha value is -0.120. The highest BCUT2D eigenvalue weighted by atomic mass is 32.2. The van der Waals surface area contributed by atoms with E-state index in [0.29, 0.717) is 0 Å². The molecule has 0 unspecified atom stereocenters. The number of halogens is 1. The van der Waals surface area contributed by atoms with Gasteiger partial charge in [0.1, 0.15) is 6.17 Å². The minimum atomic E-state index is -3.27. The van der Waals surface area contributed by atoms with Crippen LogP contribution in [0.3, 0.4) is 0 Å². The van der Waals surface area contributed by atoms with Crippen LogP contribution in [-0.2, 0) is 9.84 Å². The first-order valence-corrected chi connectivity index (χ1v) is 5.18. The van der Waals surface area contributed by atoms with Crippen molar-refractivity contribution >= 4 is 9.84 Å². The van der Waals surface area contributed by atoms with E-state index in [9.17, 15) is 12.8 Å². The van der Waals surface area contributed by atoms with Gasteiger partial charge < -0.3 is 0 Å². The Morgan fingerprint density at radius 2 is 1.73 bits per heavy atom. The Balaban J connectivity index is 4.51. The third kappa shape index (κ3) is 3.18. The fraction of sp³-hybridized carbons (Fsp3) is 1.00. The molecule has 0 N–H and O–H groups in total. The molecule has 0 aromatic rings. The third-order valence-electron chi connectivity index (χ3n) is 1.38. The lowest BCUT2D eigenvalue weighted by atomic mass is 10.3. The van der Waals surface area contributed by atoms with E-state index in [2.05, 4.69) is 0 Å². The molecule has 0 bridgehead atoms. The summed E-state index contributed by atoms with van der Waals surface area (Å²) in [6.45, 7) is 5.98. The highest BCUT2D eigenvalue weighted by Crippen LogP contribution is 2.17. The van der Waals surface area contributed by atoms with Crippen LogP contribution < -0.4 is 0 Å². The summed E-state index contributed by atoms with van der Waals surface area (Å²) in [5, 5.41) is 0. The van der Waals surface area contributed by atoms with Crippen molar-refractivity contribution in [1.29, 1.82) is 0 Å². The lowest BCUT2D eigenvalue weighted by molar-refractivity contribution is 0.388. The average molecular weight is 182 g/mol. The Bertz CT molecular complexity index is 211. The van der Waals surface area contributed by atoms with Crippen LogP contribution in [0.4, 0.5) is 4.39 Å². The number of hydrogen-bond donors (Lipinski definition) is 0. The van der Waals surface area contributed by atoms with E-state index in [4.69, 9.17) is 0 Å². The SMILES string of the molecule is C[C@@H](F)CS(=O)(=O)C(C)(C)C. The Morgan fingerprint density at radius 1 is 1.36 bits per heavy atom. The molecule has 0 saturated carbocycles. The molecule has 0 radical (unpaired) electrons. The van der Waals surface area contributed by atoms with Gasteiger partial charge in [0, 0.05) is 0 Å². The van der Waals surface area contributed by atoms with Crippen molar-refractivity contribution in [2.24, 2.45) is 0 Å². The van der Waals surface area contributed by atoms with Crippen molar-refractivity contribution in [3.63, 3.8) is 0 Å². The molecular weight excluding hydrogens is 167 g/mol. The fourth-order valence-electron chi connectivity index (χ4n) is 0.552. The van der Waals surface area contributed by atoms with Crippen molar-refractivity contribution in [3.05, 3.63) is 0 Å². The van der Waals surface area contributed by atoms with Crippen molar-refractivity contribution in [2.75, 3.05) is 5.75 Å². The zero-order chi connectivity index (χ0) is 9.28. The standard InChI is InChI=1S/C7H15FO2S/c1-6(8)5-11(9,10)7(2,3)4/h6H,5H2,1-4H3/t6-/m1/s1. The van der Waals surface area contributed by atoms with Crippen LogP contribution >= 0.6 is 0 Å². The summed E-state index contributed by atoms with van der Waals surface area (Å²) in [5.74, 6) is -0.378. The molecule has 0 aromatic carbocycles. The molecule has 68 valence electrons. The second kappa shape index (κ2) is 3.09. The number of rotatable bonds is 2.